The maximum atomic E-state index is 12.0. The van der Waals surface area contributed by atoms with E-state index in [1.807, 2.05) is 6.92 Å². The number of carbonyl (C=O) groups excluding carboxylic acids is 2. The average molecular weight is 455 g/mol. The quantitative estimate of drug-likeness (QED) is 0.134. The van der Waals surface area contributed by atoms with Crippen LogP contribution in [0.3, 0.4) is 0 Å². The minimum atomic E-state index is -2.07. The molecule has 1 unspecified atom stereocenters. The Morgan fingerprint density at radius 1 is 1.13 bits per heavy atom. The molecule has 0 N–H and O–H groups in total. The van der Waals surface area contributed by atoms with Crippen LogP contribution < -0.4 is 0 Å². The molecule has 0 saturated heterocycles. The van der Waals surface area contributed by atoms with Gasteiger partial charge in [0.15, 0.2) is 8.32 Å². The van der Waals surface area contributed by atoms with E-state index in [4.69, 9.17) is 25.1 Å². The molecular formula is C24H42O6Si. The molecule has 0 aliphatic heterocycles. The Labute approximate surface area is 190 Å². The fraction of sp³-hybridized carbons (Fsp3) is 0.750. The van der Waals surface area contributed by atoms with Crippen LogP contribution in [-0.4, -0.2) is 45.9 Å². The van der Waals surface area contributed by atoms with Crippen molar-refractivity contribution in [2.75, 3.05) is 13.4 Å². The van der Waals surface area contributed by atoms with Gasteiger partial charge in [-0.15, -0.1) is 18.9 Å². The molecule has 0 aliphatic rings. The number of rotatable bonds is 12. The zero-order valence-corrected chi connectivity index (χ0v) is 21.9. The minimum Gasteiger partial charge on any atom is -0.428 e. The van der Waals surface area contributed by atoms with Crippen LogP contribution in [-0.2, 0) is 28.2 Å². The maximum Gasteiger partial charge on any atom is 0.314 e. The molecule has 31 heavy (non-hydrogen) atoms. The lowest BCUT2D eigenvalue weighted by molar-refractivity contribution is -0.174. The van der Waals surface area contributed by atoms with Gasteiger partial charge >= 0.3 is 11.9 Å². The lowest BCUT2D eigenvalue weighted by Crippen LogP contribution is -2.48. The van der Waals surface area contributed by atoms with Crippen LogP contribution >= 0.6 is 0 Å². The Morgan fingerprint density at radius 3 is 2.16 bits per heavy atom. The molecule has 0 amide bonds. The van der Waals surface area contributed by atoms with Crippen molar-refractivity contribution in [2.45, 2.75) is 91.6 Å². The van der Waals surface area contributed by atoms with Crippen molar-refractivity contribution in [3.8, 4) is 12.3 Å². The lowest BCUT2D eigenvalue weighted by Gasteiger charge is -2.41. The van der Waals surface area contributed by atoms with Crippen molar-refractivity contribution < 1.29 is 28.2 Å². The molecule has 0 aromatic carbocycles. The average Bonchev–Trinajstić information content (AvgIpc) is 2.62. The van der Waals surface area contributed by atoms with Gasteiger partial charge in [0.1, 0.15) is 0 Å². The molecule has 0 heterocycles. The van der Waals surface area contributed by atoms with Crippen LogP contribution in [0.25, 0.3) is 0 Å². The largest absolute Gasteiger partial charge is 0.428 e. The maximum absolute atomic E-state index is 12.0. The molecule has 6 nitrogen and oxygen atoms in total. The van der Waals surface area contributed by atoms with Crippen LogP contribution in [0.5, 0.6) is 0 Å². The van der Waals surface area contributed by atoms with Gasteiger partial charge in [0, 0.05) is 6.42 Å². The SMILES string of the molecule is C#CC[C@@H](C)[C@H](OCCC(=O)OCOC(=O)C(C)(C)C)C(C=C)O[Si](C)(C)C(C)(C)C. The summed E-state index contributed by atoms with van der Waals surface area (Å²) in [5, 5.41) is 0.0302. The molecule has 0 aromatic heterocycles. The molecule has 178 valence electrons. The summed E-state index contributed by atoms with van der Waals surface area (Å²) in [7, 11) is -2.07. The first-order chi connectivity index (χ1) is 14.1. The van der Waals surface area contributed by atoms with Crippen molar-refractivity contribution in [3.05, 3.63) is 12.7 Å². The second-order valence-electron chi connectivity index (χ2n) is 10.4. The van der Waals surface area contributed by atoms with E-state index < -0.39 is 32.5 Å². The van der Waals surface area contributed by atoms with E-state index in [2.05, 4.69) is 46.4 Å². The van der Waals surface area contributed by atoms with Crippen molar-refractivity contribution in [1.82, 2.24) is 0 Å². The molecule has 0 saturated carbocycles. The van der Waals surface area contributed by atoms with Gasteiger partial charge < -0.3 is 18.6 Å². The van der Waals surface area contributed by atoms with E-state index in [1.54, 1.807) is 26.8 Å². The van der Waals surface area contributed by atoms with E-state index in [9.17, 15) is 9.59 Å². The third kappa shape index (κ3) is 10.5. The normalized spacial score (nSPS) is 15.4. The van der Waals surface area contributed by atoms with E-state index in [0.717, 1.165) is 0 Å². The molecule has 0 spiro atoms. The second-order valence-corrected chi connectivity index (χ2v) is 15.1. The Kier molecular flexibility index (Phi) is 11.8. The van der Waals surface area contributed by atoms with Gasteiger partial charge in [0.05, 0.1) is 30.7 Å². The number of terminal acetylenes is 1. The number of hydrogen-bond acceptors (Lipinski definition) is 6. The van der Waals surface area contributed by atoms with Crippen LogP contribution in [0.15, 0.2) is 12.7 Å². The number of ether oxygens (including phenoxy) is 3. The third-order valence-corrected chi connectivity index (χ3v) is 9.91. The Hall–Kier alpha value is -1.62. The summed E-state index contributed by atoms with van der Waals surface area (Å²) in [6.45, 7) is 21.7. The Morgan fingerprint density at radius 2 is 1.71 bits per heavy atom. The monoisotopic (exact) mass is 454 g/mol. The first kappa shape index (κ1) is 29.4. The van der Waals surface area contributed by atoms with Crippen molar-refractivity contribution in [2.24, 2.45) is 11.3 Å². The standard InChI is InChI=1S/C24H42O6Si/c1-12-14-18(3)21(19(13-2)30-31(10,11)24(7,8)9)27-16-15-20(25)28-17-29-22(26)23(4,5)6/h1,13,18-19,21H,2,14-17H2,3-11H3/t18-,19?,21+/m1/s1. The summed E-state index contributed by atoms with van der Waals surface area (Å²) < 4.78 is 22.5. The Balaban J connectivity index is 4.92. The topological polar surface area (TPSA) is 71.1 Å². The zero-order valence-electron chi connectivity index (χ0n) is 20.9. The summed E-state index contributed by atoms with van der Waals surface area (Å²) in [5.74, 6) is 1.74. The van der Waals surface area contributed by atoms with Gasteiger partial charge in [0.25, 0.3) is 0 Å². The summed E-state index contributed by atoms with van der Waals surface area (Å²) in [6, 6.07) is 0. The highest BCUT2D eigenvalue weighted by molar-refractivity contribution is 6.74. The molecule has 0 aliphatic carbocycles. The smallest absolute Gasteiger partial charge is 0.314 e. The highest BCUT2D eigenvalue weighted by atomic mass is 28.4. The summed E-state index contributed by atoms with van der Waals surface area (Å²) in [5.41, 5.74) is -0.653. The molecule has 0 aromatic rings. The fourth-order valence-electron chi connectivity index (χ4n) is 2.37. The van der Waals surface area contributed by atoms with Gasteiger partial charge in [-0.2, -0.15) is 0 Å². The second kappa shape index (κ2) is 12.4. The molecule has 0 fully saturated rings. The van der Waals surface area contributed by atoms with Crippen LogP contribution in [0.1, 0.15) is 61.3 Å². The first-order valence-corrected chi connectivity index (χ1v) is 13.7. The van der Waals surface area contributed by atoms with E-state index >= 15 is 0 Å². The molecule has 7 heteroatoms. The van der Waals surface area contributed by atoms with Gasteiger partial charge in [0.2, 0.25) is 6.79 Å². The van der Waals surface area contributed by atoms with Crippen LogP contribution in [0, 0.1) is 23.7 Å². The van der Waals surface area contributed by atoms with Crippen LogP contribution in [0.4, 0.5) is 0 Å². The van der Waals surface area contributed by atoms with Crippen LogP contribution in [0.2, 0.25) is 18.1 Å². The molecule has 3 atom stereocenters. The predicted octanol–water partition coefficient (Wildman–Crippen LogP) is 5.09. The van der Waals surface area contributed by atoms with Crippen molar-refractivity contribution in [3.63, 3.8) is 0 Å². The summed E-state index contributed by atoms with van der Waals surface area (Å²) in [4.78, 5) is 23.7. The van der Waals surface area contributed by atoms with E-state index in [0.29, 0.717) is 6.42 Å². The van der Waals surface area contributed by atoms with Gasteiger partial charge in [-0.05, 0) is 44.8 Å². The first-order valence-electron chi connectivity index (χ1n) is 10.7. The highest BCUT2D eigenvalue weighted by Crippen LogP contribution is 2.38. The van der Waals surface area contributed by atoms with Gasteiger partial charge in [-0.25, -0.2) is 0 Å². The van der Waals surface area contributed by atoms with Gasteiger partial charge in [-0.3, -0.25) is 9.59 Å². The summed E-state index contributed by atoms with van der Waals surface area (Å²) >= 11 is 0. The zero-order chi connectivity index (χ0) is 24.5. The van der Waals surface area contributed by atoms with E-state index in [-0.39, 0.29) is 36.2 Å². The van der Waals surface area contributed by atoms with Crippen molar-refractivity contribution >= 4 is 20.3 Å². The minimum absolute atomic E-state index is 0.0153. The lowest BCUT2D eigenvalue weighted by atomic mass is 9.96. The number of hydrogen-bond donors (Lipinski definition) is 0. The summed E-state index contributed by atoms with van der Waals surface area (Å²) in [6.07, 6.45) is 7.13. The van der Waals surface area contributed by atoms with Crippen molar-refractivity contribution in [1.29, 1.82) is 0 Å². The van der Waals surface area contributed by atoms with E-state index in [1.165, 1.54) is 0 Å². The molecule has 0 bridgehead atoms. The number of esters is 2. The molecule has 0 rings (SSSR count). The Bertz CT molecular complexity index is 636. The van der Waals surface area contributed by atoms with Gasteiger partial charge in [-0.1, -0.05) is 33.8 Å². The highest BCUT2D eigenvalue weighted by Gasteiger charge is 2.41. The third-order valence-electron chi connectivity index (χ3n) is 5.43. The molecular weight excluding hydrogens is 412 g/mol. The fourth-order valence-corrected chi connectivity index (χ4v) is 3.63. The predicted molar refractivity (Wildman–Crippen MR) is 126 cm³/mol. The molecule has 0 radical (unpaired) electrons. The number of carbonyl (C=O) groups is 2.